The minimum atomic E-state index is -0.993. The maximum absolute atomic E-state index is 11.9. The molecule has 3 rings (SSSR count). The standard InChI is InChI=1S/C11H13N3O2S.C6H6N2O2/c1-7(15)17-9-5-14(6-9)11(16)8-2-3-10(12)13-4-8;7-5-2-1-4(3-8-5)6(9)10/h2-4,9H,5-6H2,1H3,(H2,12,13);1-3H,(H2,7,8)(H,9,10). The van der Waals surface area contributed by atoms with E-state index < -0.39 is 5.97 Å². The number of pyridine rings is 2. The fourth-order valence-electron chi connectivity index (χ4n) is 2.16. The van der Waals surface area contributed by atoms with E-state index >= 15 is 0 Å². The fourth-order valence-corrected chi connectivity index (χ4v) is 3.14. The van der Waals surface area contributed by atoms with Crippen molar-refractivity contribution in [1.82, 2.24) is 14.9 Å². The lowest BCUT2D eigenvalue weighted by Crippen LogP contribution is -2.52. The Balaban J connectivity index is 0.000000223. The number of carboxylic acids is 1. The average Bonchev–Trinajstić information content (AvgIpc) is 2.58. The number of nitrogens with zero attached hydrogens (tertiary/aromatic N) is 3. The Bertz CT molecular complexity index is 820. The quantitative estimate of drug-likeness (QED) is 0.701. The number of likely N-dealkylation sites (tertiary alicyclic amines) is 1. The maximum Gasteiger partial charge on any atom is 0.337 e. The summed E-state index contributed by atoms with van der Waals surface area (Å²) in [6.45, 7) is 2.78. The lowest BCUT2D eigenvalue weighted by atomic mass is 10.1. The molecule has 0 unspecified atom stereocenters. The van der Waals surface area contributed by atoms with E-state index in [2.05, 4.69) is 9.97 Å². The van der Waals surface area contributed by atoms with E-state index in [1.165, 1.54) is 36.3 Å². The molecular formula is C17H19N5O4S. The van der Waals surface area contributed by atoms with E-state index in [-0.39, 0.29) is 21.8 Å². The molecule has 0 bridgehead atoms. The van der Waals surface area contributed by atoms with Crippen LogP contribution in [-0.4, -0.2) is 55.3 Å². The maximum atomic E-state index is 11.9. The number of aromatic carboxylic acids is 1. The molecule has 27 heavy (non-hydrogen) atoms. The molecule has 1 aliphatic rings. The summed E-state index contributed by atoms with van der Waals surface area (Å²) in [5, 5.41) is 8.72. The summed E-state index contributed by atoms with van der Waals surface area (Å²) in [6, 6.07) is 6.12. The van der Waals surface area contributed by atoms with Crippen LogP contribution in [0.5, 0.6) is 0 Å². The number of aromatic nitrogens is 2. The largest absolute Gasteiger partial charge is 0.478 e. The number of amides is 1. The number of carboxylic acid groups (broad SMARTS) is 1. The normalized spacial score (nSPS) is 13.1. The van der Waals surface area contributed by atoms with Crippen molar-refractivity contribution in [3.63, 3.8) is 0 Å². The molecule has 2 aromatic heterocycles. The third-order valence-electron chi connectivity index (χ3n) is 3.53. The van der Waals surface area contributed by atoms with Gasteiger partial charge in [0, 0.05) is 37.7 Å². The molecule has 1 fully saturated rings. The van der Waals surface area contributed by atoms with Crippen molar-refractivity contribution in [2.45, 2.75) is 12.2 Å². The van der Waals surface area contributed by atoms with Crippen molar-refractivity contribution >= 4 is 40.4 Å². The lowest BCUT2D eigenvalue weighted by molar-refractivity contribution is -0.109. The Kier molecular flexibility index (Phi) is 6.72. The Labute approximate surface area is 159 Å². The second kappa shape index (κ2) is 8.99. The van der Waals surface area contributed by atoms with Gasteiger partial charge in [-0.05, 0) is 24.3 Å². The summed E-state index contributed by atoms with van der Waals surface area (Å²) < 4.78 is 0. The zero-order chi connectivity index (χ0) is 20.0. The molecule has 0 aliphatic carbocycles. The van der Waals surface area contributed by atoms with E-state index in [4.69, 9.17) is 16.6 Å². The molecule has 1 aliphatic heterocycles. The molecule has 0 spiro atoms. The Morgan fingerprint density at radius 2 is 1.56 bits per heavy atom. The molecule has 3 heterocycles. The third-order valence-corrected chi connectivity index (χ3v) is 4.50. The van der Waals surface area contributed by atoms with Crippen molar-refractivity contribution in [2.75, 3.05) is 24.6 Å². The molecule has 1 saturated heterocycles. The number of nitrogens with two attached hydrogens (primary N) is 2. The van der Waals surface area contributed by atoms with Gasteiger partial charge in [0.25, 0.3) is 5.91 Å². The molecule has 1 amide bonds. The van der Waals surface area contributed by atoms with E-state index in [0.717, 1.165) is 0 Å². The fraction of sp³-hybridized carbons (Fsp3) is 0.235. The molecular weight excluding hydrogens is 370 g/mol. The second-order valence-electron chi connectivity index (χ2n) is 5.69. The van der Waals surface area contributed by atoms with Gasteiger partial charge in [-0.15, -0.1) is 0 Å². The van der Waals surface area contributed by atoms with Crippen LogP contribution in [0, 0.1) is 0 Å². The van der Waals surface area contributed by atoms with Gasteiger partial charge in [-0.3, -0.25) is 9.59 Å². The number of hydrogen-bond donors (Lipinski definition) is 3. The van der Waals surface area contributed by atoms with Crippen LogP contribution in [0.2, 0.25) is 0 Å². The predicted molar refractivity (Wildman–Crippen MR) is 102 cm³/mol. The molecule has 2 aromatic rings. The van der Waals surface area contributed by atoms with Gasteiger partial charge in [0.15, 0.2) is 5.12 Å². The Morgan fingerprint density at radius 3 is 1.96 bits per heavy atom. The van der Waals surface area contributed by atoms with Gasteiger partial charge in [0.2, 0.25) is 0 Å². The van der Waals surface area contributed by atoms with Crippen LogP contribution in [-0.2, 0) is 4.79 Å². The summed E-state index contributed by atoms with van der Waals surface area (Å²) in [4.78, 5) is 42.2. The highest BCUT2D eigenvalue weighted by molar-refractivity contribution is 8.14. The highest BCUT2D eigenvalue weighted by Crippen LogP contribution is 2.24. The number of thioether (sulfide) groups is 1. The zero-order valence-corrected chi connectivity index (χ0v) is 15.3. The summed E-state index contributed by atoms with van der Waals surface area (Å²) in [6.07, 6.45) is 2.70. The zero-order valence-electron chi connectivity index (χ0n) is 14.5. The van der Waals surface area contributed by atoms with Gasteiger partial charge in [-0.25, -0.2) is 14.8 Å². The monoisotopic (exact) mass is 389 g/mol. The van der Waals surface area contributed by atoms with Crippen LogP contribution >= 0.6 is 11.8 Å². The van der Waals surface area contributed by atoms with Crippen LogP contribution in [0.15, 0.2) is 36.7 Å². The number of carbonyl (C=O) groups excluding carboxylic acids is 2. The van der Waals surface area contributed by atoms with Crippen LogP contribution in [0.4, 0.5) is 11.6 Å². The first-order valence-corrected chi connectivity index (χ1v) is 8.77. The van der Waals surface area contributed by atoms with Crippen LogP contribution in [0.3, 0.4) is 0 Å². The van der Waals surface area contributed by atoms with Crippen molar-refractivity contribution in [3.05, 3.63) is 47.8 Å². The first kappa shape index (κ1) is 20.2. The van der Waals surface area contributed by atoms with Crippen LogP contribution < -0.4 is 11.5 Å². The van der Waals surface area contributed by atoms with Crippen LogP contribution in [0.25, 0.3) is 0 Å². The Hall–Kier alpha value is -3.14. The second-order valence-corrected chi connectivity index (χ2v) is 7.17. The number of anilines is 2. The SMILES string of the molecule is CC(=O)SC1CN(C(=O)c2ccc(N)nc2)C1.Nc1ccc(C(=O)O)cn1. The predicted octanol–water partition coefficient (Wildman–Crippen LogP) is 1.13. The number of hydrogen-bond acceptors (Lipinski definition) is 8. The van der Waals surface area contributed by atoms with Gasteiger partial charge >= 0.3 is 5.97 Å². The summed E-state index contributed by atoms with van der Waals surface area (Å²) >= 11 is 1.29. The van der Waals surface area contributed by atoms with Gasteiger partial charge < -0.3 is 21.5 Å². The number of carbonyl (C=O) groups is 3. The molecule has 5 N–H and O–H groups in total. The van der Waals surface area contributed by atoms with Crippen molar-refractivity contribution < 1.29 is 19.5 Å². The molecule has 10 heteroatoms. The molecule has 0 radical (unpaired) electrons. The summed E-state index contributed by atoms with van der Waals surface area (Å²) in [5.74, 6) is -0.328. The molecule has 0 aromatic carbocycles. The lowest BCUT2D eigenvalue weighted by Gasteiger charge is -2.38. The molecule has 0 saturated carbocycles. The summed E-state index contributed by atoms with van der Waals surface area (Å²) in [5.41, 5.74) is 11.4. The van der Waals surface area contributed by atoms with Gasteiger partial charge in [0.1, 0.15) is 11.6 Å². The topological polar surface area (TPSA) is 152 Å². The number of nitrogen functional groups attached to an aromatic ring is 2. The van der Waals surface area contributed by atoms with Gasteiger partial charge in [-0.2, -0.15) is 0 Å². The Morgan fingerprint density at radius 1 is 1.04 bits per heavy atom. The third kappa shape index (κ3) is 5.96. The van der Waals surface area contributed by atoms with Crippen LogP contribution in [0.1, 0.15) is 27.6 Å². The molecule has 9 nitrogen and oxygen atoms in total. The minimum Gasteiger partial charge on any atom is -0.478 e. The van der Waals surface area contributed by atoms with E-state index in [1.54, 1.807) is 24.0 Å². The van der Waals surface area contributed by atoms with Crippen molar-refractivity contribution in [3.8, 4) is 0 Å². The first-order chi connectivity index (χ1) is 12.8. The highest BCUT2D eigenvalue weighted by atomic mass is 32.2. The van der Waals surface area contributed by atoms with Crippen molar-refractivity contribution in [2.24, 2.45) is 0 Å². The summed E-state index contributed by atoms with van der Waals surface area (Å²) in [7, 11) is 0. The van der Waals surface area contributed by atoms with E-state index in [9.17, 15) is 14.4 Å². The van der Waals surface area contributed by atoms with Gasteiger partial charge in [0.05, 0.1) is 11.1 Å². The van der Waals surface area contributed by atoms with E-state index in [1.807, 2.05) is 0 Å². The van der Waals surface area contributed by atoms with Crippen molar-refractivity contribution in [1.29, 1.82) is 0 Å². The minimum absolute atomic E-state index is 0.0575. The van der Waals surface area contributed by atoms with E-state index in [0.29, 0.717) is 30.3 Å². The highest BCUT2D eigenvalue weighted by Gasteiger charge is 2.32. The smallest absolute Gasteiger partial charge is 0.337 e. The first-order valence-electron chi connectivity index (χ1n) is 7.89. The molecule has 0 atom stereocenters. The average molecular weight is 389 g/mol. The molecule has 142 valence electrons. The van der Waals surface area contributed by atoms with Gasteiger partial charge in [-0.1, -0.05) is 11.8 Å². The number of rotatable bonds is 3.